The van der Waals surface area contributed by atoms with Gasteiger partial charge in [-0.3, -0.25) is 4.57 Å². The van der Waals surface area contributed by atoms with Crippen LogP contribution in [0.25, 0.3) is 0 Å². The van der Waals surface area contributed by atoms with E-state index in [-0.39, 0.29) is 5.88 Å². The van der Waals surface area contributed by atoms with Crippen molar-refractivity contribution in [2.24, 2.45) is 0 Å². The van der Waals surface area contributed by atoms with Gasteiger partial charge in [0, 0.05) is 12.3 Å². The maximum atomic E-state index is 11.8. The number of hydrogen-bond acceptors (Lipinski definition) is 7. The van der Waals surface area contributed by atoms with Crippen LogP contribution in [0.2, 0.25) is 0 Å². The number of nitrogens with zero attached hydrogens (tertiary/aromatic N) is 2. The van der Waals surface area contributed by atoms with Crippen LogP contribution in [0.3, 0.4) is 0 Å². The van der Waals surface area contributed by atoms with Crippen molar-refractivity contribution in [1.29, 1.82) is 0 Å². The quantitative estimate of drug-likeness (QED) is 0.595. The Labute approximate surface area is 108 Å². The number of ether oxygens (including phenoxy) is 2. The lowest BCUT2D eigenvalue weighted by molar-refractivity contribution is -0.0551. The van der Waals surface area contributed by atoms with E-state index in [0.29, 0.717) is 6.61 Å². The van der Waals surface area contributed by atoms with E-state index in [1.807, 2.05) is 0 Å². The fraction of sp³-hybridized carbons (Fsp3) is 0.636. The molecule has 1 aliphatic rings. The number of hydrogen-bond donors (Lipinski definition) is 3. The van der Waals surface area contributed by atoms with Gasteiger partial charge in [0.25, 0.3) is 0 Å². The second kappa shape index (κ2) is 5.66. The first-order valence-electron chi connectivity index (χ1n) is 5.93. The molecular weight excluding hydrogens is 256 g/mol. The molecule has 0 aromatic carbocycles. The Kier molecular flexibility index (Phi) is 4.15. The molecule has 1 saturated heterocycles. The lowest BCUT2D eigenvalue weighted by Gasteiger charge is -2.17. The minimum atomic E-state index is -1.31. The lowest BCUT2D eigenvalue weighted by Crippen LogP contribution is -2.35. The minimum Gasteiger partial charge on any atom is -0.478 e. The molecule has 106 valence electrons. The molecule has 1 aromatic heterocycles. The largest absolute Gasteiger partial charge is 0.478 e. The molecule has 19 heavy (non-hydrogen) atoms. The van der Waals surface area contributed by atoms with Crippen LogP contribution in [-0.2, 0) is 4.74 Å². The van der Waals surface area contributed by atoms with Crippen LogP contribution in [0, 0.1) is 0 Å². The van der Waals surface area contributed by atoms with E-state index in [0.717, 1.165) is 4.57 Å². The number of aliphatic hydroxyl groups is 3. The van der Waals surface area contributed by atoms with E-state index in [9.17, 15) is 15.0 Å². The predicted octanol–water partition coefficient (Wildman–Crippen LogP) is -1.75. The molecule has 8 heteroatoms. The summed E-state index contributed by atoms with van der Waals surface area (Å²) < 4.78 is 11.4. The summed E-state index contributed by atoms with van der Waals surface area (Å²) in [6.07, 6.45) is -3.22. The highest BCUT2D eigenvalue weighted by Crippen LogP contribution is 2.28. The van der Waals surface area contributed by atoms with Crippen molar-refractivity contribution < 1.29 is 24.8 Å². The van der Waals surface area contributed by atoms with Crippen molar-refractivity contribution in [3.8, 4) is 5.88 Å². The second-order valence-electron chi connectivity index (χ2n) is 4.12. The fourth-order valence-corrected chi connectivity index (χ4v) is 1.93. The molecule has 8 nitrogen and oxygen atoms in total. The smallest absolute Gasteiger partial charge is 0.353 e. The highest BCUT2D eigenvalue weighted by Gasteiger charge is 2.43. The zero-order chi connectivity index (χ0) is 14.0. The predicted molar refractivity (Wildman–Crippen MR) is 62.7 cm³/mol. The third kappa shape index (κ3) is 2.61. The molecule has 0 radical (unpaired) electrons. The molecule has 0 spiro atoms. The van der Waals surface area contributed by atoms with Gasteiger partial charge in [0.1, 0.15) is 18.3 Å². The van der Waals surface area contributed by atoms with E-state index in [1.54, 1.807) is 6.92 Å². The fourth-order valence-electron chi connectivity index (χ4n) is 1.93. The Morgan fingerprint density at radius 1 is 1.47 bits per heavy atom. The van der Waals surface area contributed by atoms with Gasteiger partial charge in [-0.15, -0.1) is 0 Å². The van der Waals surface area contributed by atoms with Gasteiger partial charge in [0.05, 0.1) is 13.2 Å². The van der Waals surface area contributed by atoms with Gasteiger partial charge in [-0.25, -0.2) is 4.79 Å². The summed E-state index contributed by atoms with van der Waals surface area (Å²) in [4.78, 5) is 15.5. The molecule has 1 fully saturated rings. The topological polar surface area (TPSA) is 114 Å². The van der Waals surface area contributed by atoms with Gasteiger partial charge in [0.15, 0.2) is 6.23 Å². The zero-order valence-corrected chi connectivity index (χ0v) is 10.3. The number of rotatable bonds is 4. The summed E-state index contributed by atoms with van der Waals surface area (Å²) in [5.74, 6) is 0.176. The third-order valence-corrected chi connectivity index (χ3v) is 2.89. The molecule has 1 unspecified atom stereocenters. The molecule has 0 amide bonds. The van der Waals surface area contributed by atoms with E-state index >= 15 is 0 Å². The molecule has 0 saturated carbocycles. The van der Waals surface area contributed by atoms with Gasteiger partial charge in [0.2, 0.25) is 5.88 Å². The highest BCUT2D eigenvalue weighted by molar-refractivity contribution is 5.06. The van der Waals surface area contributed by atoms with Crippen molar-refractivity contribution in [1.82, 2.24) is 9.55 Å². The van der Waals surface area contributed by atoms with Crippen LogP contribution in [0.5, 0.6) is 5.88 Å². The van der Waals surface area contributed by atoms with Crippen molar-refractivity contribution in [2.45, 2.75) is 31.5 Å². The standard InChI is InChI=1S/C11H16N2O6/c1-2-18-7-3-4-13(11(17)12-7)10-9(16)8(15)6(5-14)19-10/h3-4,6,8-10,14-16H,2,5H2,1H3/t6-,8?,9+,10-/m1/s1. The van der Waals surface area contributed by atoms with Crippen LogP contribution in [0.15, 0.2) is 17.1 Å². The Balaban J connectivity index is 2.25. The molecule has 1 aromatic rings. The summed E-state index contributed by atoms with van der Waals surface area (Å²) in [7, 11) is 0. The van der Waals surface area contributed by atoms with E-state index in [1.165, 1.54) is 12.3 Å². The minimum absolute atomic E-state index is 0.176. The van der Waals surface area contributed by atoms with Crippen molar-refractivity contribution in [2.75, 3.05) is 13.2 Å². The Bertz CT molecular complexity index is 490. The average Bonchev–Trinajstić information content (AvgIpc) is 2.67. The first-order valence-corrected chi connectivity index (χ1v) is 5.93. The summed E-state index contributed by atoms with van der Waals surface area (Å²) in [5.41, 5.74) is -0.666. The van der Waals surface area contributed by atoms with Crippen LogP contribution in [0.1, 0.15) is 13.2 Å². The molecule has 4 atom stereocenters. The SMILES string of the molecule is CCOc1ccn([C@@H]2O[C@H](CO)C(O)[C@@H]2O)c(=O)n1. The van der Waals surface area contributed by atoms with Crippen LogP contribution < -0.4 is 10.4 Å². The molecule has 2 rings (SSSR count). The van der Waals surface area contributed by atoms with Gasteiger partial charge < -0.3 is 24.8 Å². The maximum absolute atomic E-state index is 11.8. The van der Waals surface area contributed by atoms with Crippen molar-refractivity contribution in [3.63, 3.8) is 0 Å². The average molecular weight is 272 g/mol. The van der Waals surface area contributed by atoms with E-state index < -0.39 is 36.8 Å². The van der Waals surface area contributed by atoms with Gasteiger partial charge in [-0.05, 0) is 6.92 Å². The van der Waals surface area contributed by atoms with Crippen LogP contribution in [0.4, 0.5) is 0 Å². The normalized spacial score (nSPS) is 30.5. The Morgan fingerprint density at radius 3 is 2.74 bits per heavy atom. The first-order chi connectivity index (χ1) is 9.08. The Hall–Kier alpha value is -1.48. The second-order valence-corrected chi connectivity index (χ2v) is 4.12. The Morgan fingerprint density at radius 2 is 2.21 bits per heavy atom. The summed E-state index contributed by atoms with van der Waals surface area (Å²) >= 11 is 0. The van der Waals surface area contributed by atoms with Crippen LogP contribution in [-0.4, -0.2) is 56.4 Å². The number of aliphatic hydroxyl groups excluding tert-OH is 3. The van der Waals surface area contributed by atoms with E-state index in [4.69, 9.17) is 14.6 Å². The van der Waals surface area contributed by atoms with Crippen molar-refractivity contribution >= 4 is 0 Å². The summed E-state index contributed by atoms with van der Waals surface area (Å²) in [6.45, 7) is 1.69. The van der Waals surface area contributed by atoms with E-state index in [2.05, 4.69) is 4.98 Å². The zero-order valence-electron chi connectivity index (χ0n) is 10.3. The summed E-state index contributed by atoms with van der Waals surface area (Å²) in [5, 5.41) is 28.4. The lowest BCUT2D eigenvalue weighted by atomic mass is 10.1. The third-order valence-electron chi connectivity index (χ3n) is 2.89. The van der Waals surface area contributed by atoms with Gasteiger partial charge in [-0.2, -0.15) is 4.98 Å². The maximum Gasteiger partial charge on any atom is 0.353 e. The van der Waals surface area contributed by atoms with Gasteiger partial charge >= 0.3 is 5.69 Å². The monoisotopic (exact) mass is 272 g/mol. The van der Waals surface area contributed by atoms with Gasteiger partial charge in [-0.1, -0.05) is 0 Å². The molecule has 1 aliphatic heterocycles. The first kappa shape index (κ1) is 13.9. The molecule has 3 N–H and O–H groups in total. The van der Waals surface area contributed by atoms with Crippen molar-refractivity contribution in [3.05, 3.63) is 22.7 Å². The summed E-state index contributed by atoms with van der Waals surface area (Å²) in [6, 6.07) is 1.46. The molecular formula is C11H16N2O6. The highest BCUT2D eigenvalue weighted by atomic mass is 16.6. The van der Waals surface area contributed by atoms with Crippen LogP contribution >= 0.6 is 0 Å². The molecule has 0 aliphatic carbocycles. The molecule has 0 bridgehead atoms. The molecule has 2 heterocycles. The number of aromatic nitrogens is 2.